The maximum atomic E-state index is 12.6. The second-order valence-electron chi connectivity index (χ2n) is 5.69. The van der Waals surface area contributed by atoms with E-state index in [0.717, 1.165) is 6.42 Å². The molecule has 0 radical (unpaired) electrons. The molecule has 0 saturated heterocycles. The minimum absolute atomic E-state index is 0.0106. The van der Waals surface area contributed by atoms with Crippen molar-refractivity contribution in [3.05, 3.63) is 28.8 Å². The van der Waals surface area contributed by atoms with Crippen LogP contribution in [0.15, 0.2) is 23.1 Å². The van der Waals surface area contributed by atoms with E-state index in [0.29, 0.717) is 0 Å². The highest BCUT2D eigenvalue weighted by Gasteiger charge is 2.26. The summed E-state index contributed by atoms with van der Waals surface area (Å²) in [5.41, 5.74) is 0.0106. The first-order valence-electron chi connectivity index (χ1n) is 8.43. The first-order valence-corrected chi connectivity index (χ1v) is 10.2. The summed E-state index contributed by atoms with van der Waals surface area (Å²) in [6.07, 6.45) is 0.753. The molecule has 0 heterocycles. The third-order valence-corrected chi connectivity index (χ3v) is 6.38. The molecule has 0 aliphatic heterocycles. The number of carbonyl (C=O) groups excluding carboxylic acids is 2. The quantitative estimate of drug-likeness (QED) is 0.638. The highest BCUT2D eigenvalue weighted by molar-refractivity contribution is 7.89. The van der Waals surface area contributed by atoms with Crippen LogP contribution in [0.1, 0.15) is 44.5 Å². The predicted octanol–water partition coefficient (Wildman–Crippen LogP) is 2.44. The molecule has 0 aliphatic rings. The lowest BCUT2D eigenvalue weighted by Crippen LogP contribution is -2.35. The van der Waals surface area contributed by atoms with E-state index >= 15 is 0 Å². The van der Waals surface area contributed by atoms with Crippen molar-refractivity contribution in [1.82, 2.24) is 9.62 Å². The van der Waals surface area contributed by atoms with E-state index < -0.39 is 28.5 Å². The van der Waals surface area contributed by atoms with E-state index in [2.05, 4.69) is 5.32 Å². The minimum Gasteiger partial charge on any atom is -0.452 e. The molecule has 1 atom stereocenters. The third kappa shape index (κ3) is 5.69. The number of nitrogens with one attached hydrogen (secondary N) is 1. The Bertz CT molecular complexity index is 748. The van der Waals surface area contributed by atoms with Gasteiger partial charge in [-0.05, 0) is 31.5 Å². The molecule has 1 rings (SSSR count). The van der Waals surface area contributed by atoms with Crippen LogP contribution in [0, 0.1) is 0 Å². The van der Waals surface area contributed by atoms with Gasteiger partial charge in [-0.3, -0.25) is 4.79 Å². The highest BCUT2D eigenvalue weighted by atomic mass is 35.5. The molecule has 9 heteroatoms. The van der Waals surface area contributed by atoms with Crippen molar-refractivity contribution in [2.45, 2.75) is 45.1 Å². The molecule has 146 valence electrons. The number of ether oxygens (including phenoxy) is 1. The maximum absolute atomic E-state index is 12.6. The number of benzene rings is 1. The zero-order valence-corrected chi connectivity index (χ0v) is 17.0. The number of amides is 1. The van der Waals surface area contributed by atoms with Gasteiger partial charge < -0.3 is 10.1 Å². The Hall–Kier alpha value is -1.64. The monoisotopic (exact) mass is 404 g/mol. The normalized spacial score (nSPS) is 12.7. The number of halogens is 1. The van der Waals surface area contributed by atoms with Gasteiger partial charge in [0.1, 0.15) is 4.90 Å². The van der Waals surface area contributed by atoms with Crippen LogP contribution in [0.25, 0.3) is 0 Å². The highest BCUT2D eigenvalue weighted by Crippen LogP contribution is 2.26. The zero-order chi connectivity index (χ0) is 19.9. The minimum atomic E-state index is -3.82. The number of sulfonamides is 1. The van der Waals surface area contributed by atoms with Crippen LogP contribution < -0.4 is 5.32 Å². The Morgan fingerprint density at radius 1 is 1.23 bits per heavy atom. The predicted molar refractivity (Wildman–Crippen MR) is 99.7 cm³/mol. The van der Waals surface area contributed by atoms with E-state index in [1.54, 1.807) is 13.8 Å². The number of hydrogen-bond acceptors (Lipinski definition) is 5. The Morgan fingerprint density at radius 2 is 1.85 bits per heavy atom. The fourth-order valence-electron chi connectivity index (χ4n) is 2.16. The maximum Gasteiger partial charge on any atom is 0.338 e. The summed E-state index contributed by atoms with van der Waals surface area (Å²) < 4.78 is 31.5. The molecule has 7 nitrogen and oxygen atoms in total. The topological polar surface area (TPSA) is 92.8 Å². The van der Waals surface area contributed by atoms with Crippen LogP contribution in [-0.4, -0.2) is 50.3 Å². The molecule has 0 aliphatic carbocycles. The molecule has 0 fully saturated rings. The Balaban J connectivity index is 2.96. The van der Waals surface area contributed by atoms with E-state index in [1.807, 2.05) is 13.8 Å². The molecule has 1 amide bonds. The lowest BCUT2D eigenvalue weighted by molar-refractivity contribution is -0.124. The molecule has 1 unspecified atom stereocenters. The zero-order valence-electron chi connectivity index (χ0n) is 15.4. The smallest absolute Gasteiger partial charge is 0.338 e. The fourth-order valence-corrected chi connectivity index (χ4v) is 4.12. The second kappa shape index (κ2) is 9.89. The lowest BCUT2D eigenvalue weighted by Gasteiger charge is -2.19. The molecule has 26 heavy (non-hydrogen) atoms. The van der Waals surface area contributed by atoms with Crippen molar-refractivity contribution >= 4 is 33.5 Å². The Kier molecular flexibility index (Phi) is 8.52. The standard InChI is InChI=1S/C17H25ClN2O5S/c1-5-12(4)19-16(21)11-25-17(22)13-8-9-14(18)15(10-13)26(23,24)20(6-2)7-3/h8-10,12H,5-7,11H2,1-4H3,(H,19,21). The van der Waals surface area contributed by atoms with Crippen LogP contribution in [0.2, 0.25) is 5.02 Å². The molecular weight excluding hydrogens is 380 g/mol. The van der Waals surface area contributed by atoms with Gasteiger partial charge in [-0.15, -0.1) is 0 Å². The molecule has 0 saturated carbocycles. The van der Waals surface area contributed by atoms with E-state index in [9.17, 15) is 18.0 Å². The summed E-state index contributed by atoms with van der Waals surface area (Å²) >= 11 is 6.02. The van der Waals surface area contributed by atoms with Crippen LogP contribution in [0.4, 0.5) is 0 Å². The number of rotatable bonds is 9. The van der Waals surface area contributed by atoms with Crippen LogP contribution >= 0.6 is 11.6 Å². The van der Waals surface area contributed by atoms with Crippen molar-refractivity contribution in [3.63, 3.8) is 0 Å². The fraction of sp³-hybridized carbons (Fsp3) is 0.529. The van der Waals surface area contributed by atoms with Gasteiger partial charge in [-0.1, -0.05) is 32.4 Å². The van der Waals surface area contributed by atoms with Crippen LogP contribution in [-0.2, 0) is 19.6 Å². The Labute approximate surface area is 159 Å². The van der Waals surface area contributed by atoms with Crippen molar-refractivity contribution in [2.24, 2.45) is 0 Å². The lowest BCUT2D eigenvalue weighted by atomic mass is 10.2. The van der Waals surface area contributed by atoms with Gasteiger partial charge >= 0.3 is 5.97 Å². The summed E-state index contributed by atoms with van der Waals surface area (Å²) in [5, 5.41) is 2.69. The number of esters is 1. The molecule has 1 aromatic carbocycles. The SMILES string of the molecule is CCC(C)NC(=O)COC(=O)c1ccc(Cl)c(S(=O)(=O)N(CC)CC)c1. The molecule has 0 bridgehead atoms. The molecule has 0 aromatic heterocycles. The first kappa shape index (κ1) is 22.4. The molecule has 1 N–H and O–H groups in total. The van der Waals surface area contributed by atoms with Crippen molar-refractivity contribution in [2.75, 3.05) is 19.7 Å². The van der Waals surface area contributed by atoms with Crippen LogP contribution in [0.3, 0.4) is 0 Å². The number of nitrogens with zero attached hydrogens (tertiary/aromatic N) is 1. The van der Waals surface area contributed by atoms with Gasteiger partial charge in [0.25, 0.3) is 5.91 Å². The van der Waals surface area contributed by atoms with Crippen LogP contribution in [0.5, 0.6) is 0 Å². The molecule has 1 aromatic rings. The third-order valence-electron chi connectivity index (χ3n) is 3.84. The van der Waals surface area contributed by atoms with Gasteiger partial charge in [0.05, 0.1) is 10.6 Å². The van der Waals surface area contributed by atoms with E-state index in [4.69, 9.17) is 16.3 Å². The van der Waals surface area contributed by atoms with Gasteiger partial charge in [-0.2, -0.15) is 4.31 Å². The van der Waals surface area contributed by atoms with E-state index in [1.165, 1.54) is 22.5 Å². The first-order chi connectivity index (χ1) is 12.2. The van der Waals surface area contributed by atoms with Crippen molar-refractivity contribution in [1.29, 1.82) is 0 Å². The summed E-state index contributed by atoms with van der Waals surface area (Å²) in [5.74, 6) is -1.21. The largest absolute Gasteiger partial charge is 0.452 e. The average Bonchev–Trinajstić information content (AvgIpc) is 2.60. The summed E-state index contributed by atoms with van der Waals surface area (Å²) in [6, 6.07) is 3.83. The Morgan fingerprint density at radius 3 is 2.38 bits per heavy atom. The molecular formula is C17H25ClN2O5S. The van der Waals surface area contributed by atoms with Gasteiger partial charge in [-0.25, -0.2) is 13.2 Å². The van der Waals surface area contributed by atoms with Gasteiger partial charge in [0, 0.05) is 19.1 Å². The average molecular weight is 405 g/mol. The number of hydrogen-bond donors (Lipinski definition) is 1. The van der Waals surface area contributed by atoms with Crippen molar-refractivity contribution < 1.29 is 22.7 Å². The number of carbonyl (C=O) groups is 2. The van der Waals surface area contributed by atoms with Crippen molar-refractivity contribution in [3.8, 4) is 0 Å². The van der Waals surface area contributed by atoms with Gasteiger partial charge in [0.2, 0.25) is 10.0 Å². The molecule has 0 spiro atoms. The second-order valence-corrected chi connectivity index (χ2v) is 8.00. The summed E-state index contributed by atoms with van der Waals surface area (Å²) in [6.45, 7) is 7.29. The van der Waals surface area contributed by atoms with Gasteiger partial charge in [0.15, 0.2) is 6.61 Å². The summed E-state index contributed by atoms with van der Waals surface area (Å²) in [7, 11) is -3.82. The van der Waals surface area contributed by atoms with E-state index in [-0.39, 0.29) is 34.6 Å². The summed E-state index contributed by atoms with van der Waals surface area (Å²) in [4.78, 5) is 23.7.